The summed E-state index contributed by atoms with van der Waals surface area (Å²) in [5.74, 6) is 0. The van der Waals surface area contributed by atoms with Gasteiger partial charge in [-0.3, -0.25) is 0 Å². The first-order valence-corrected chi connectivity index (χ1v) is 4.81. The summed E-state index contributed by atoms with van der Waals surface area (Å²) in [5, 5.41) is 3.27. The monoisotopic (exact) mass is 177 g/mol. The SMILES string of the molecule is CN[C@@H](C)c1cc(C)c(C)cc1C. The zero-order chi connectivity index (χ0) is 10.0. The molecule has 1 atom stereocenters. The quantitative estimate of drug-likeness (QED) is 0.732. The second-order valence-electron chi connectivity index (χ2n) is 3.80. The lowest BCUT2D eigenvalue weighted by Gasteiger charge is -2.15. The van der Waals surface area contributed by atoms with Gasteiger partial charge in [-0.1, -0.05) is 12.1 Å². The molecule has 0 aliphatic heterocycles. The van der Waals surface area contributed by atoms with Crippen molar-refractivity contribution in [3.63, 3.8) is 0 Å². The van der Waals surface area contributed by atoms with Crippen molar-refractivity contribution in [1.29, 1.82) is 0 Å². The Kier molecular flexibility index (Phi) is 3.10. The molecule has 0 aliphatic rings. The van der Waals surface area contributed by atoms with Crippen LogP contribution in [0.3, 0.4) is 0 Å². The van der Waals surface area contributed by atoms with E-state index in [0.29, 0.717) is 6.04 Å². The van der Waals surface area contributed by atoms with Gasteiger partial charge in [-0.2, -0.15) is 0 Å². The molecule has 1 N–H and O–H groups in total. The minimum absolute atomic E-state index is 0.444. The average molecular weight is 177 g/mol. The highest BCUT2D eigenvalue weighted by molar-refractivity contribution is 5.37. The predicted octanol–water partition coefficient (Wildman–Crippen LogP) is 2.89. The lowest BCUT2D eigenvalue weighted by atomic mass is 9.97. The third-order valence-corrected chi connectivity index (χ3v) is 2.78. The van der Waals surface area contributed by atoms with E-state index in [2.05, 4.69) is 45.1 Å². The first-order valence-electron chi connectivity index (χ1n) is 4.81. The minimum Gasteiger partial charge on any atom is -0.313 e. The molecule has 1 nitrogen and oxygen atoms in total. The summed E-state index contributed by atoms with van der Waals surface area (Å²) < 4.78 is 0. The van der Waals surface area contributed by atoms with Crippen molar-refractivity contribution in [2.24, 2.45) is 0 Å². The molecule has 0 amide bonds. The molecule has 0 aliphatic carbocycles. The van der Waals surface area contributed by atoms with Crippen molar-refractivity contribution in [1.82, 2.24) is 5.32 Å². The molecule has 0 unspecified atom stereocenters. The third-order valence-electron chi connectivity index (χ3n) is 2.78. The van der Waals surface area contributed by atoms with Crippen LogP contribution in [-0.4, -0.2) is 7.05 Å². The van der Waals surface area contributed by atoms with Gasteiger partial charge in [-0.15, -0.1) is 0 Å². The van der Waals surface area contributed by atoms with Gasteiger partial charge in [0.05, 0.1) is 0 Å². The number of aryl methyl sites for hydroxylation is 3. The topological polar surface area (TPSA) is 12.0 Å². The van der Waals surface area contributed by atoms with Gasteiger partial charge in [-0.25, -0.2) is 0 Å². The van der Waals surface area contributed by atoms with Crippen molar-refractivity contribution in [2.75, 3.05) is 7.05 Å². The van der Waals surface area contributed by atoms with Crippen molar-refractivity contribution >= 4 is 0 Å². The van der Waals surface area contributed by atoms with Crippen LogP contribution in [-0.2, 0) is 0 Å². The van der Waals surface area contributed by atoms with Crippen LogP contribution in [0, 0.1) is 20.8 Å². The van der Waals surface area contributed by atoms with E-state index in [1.54, 1.807) is 0 Å². The number of nitrogens with one attached hydrogen (secondary N) is 1. The molecular weight excluding hydrogens is 158 g/mol. The molecule has 0 saturated carbocycles. The van der Waals surface area contributed by atoms with Crippen LogP contribution >= 0.6 is 0 Å². The van der Waals surface area contributed by atoms with Crippen LogP contribution in [0.2, 0.25) is 0 Å². The molecule has 1 aromatic rings. The number of rotatable bonds is 2. The molecule has 0 heterocycles. The lowest BCUT2D eigenvalue weighted by Crippen LogP contribution is -2.13. The smallest absolute Gasteiger partial charge is 0.0291 e. The molecule has 1 heteroatoms. The summed E-state index contributed by atoms with van der Waals surface area (Å²) in [6.45, 7) is 8.70. The zero-order valence-electron chi connectivity index (χ0n) is 9.23. The molecular formula is C12H19N. The van der Waals surface area contributed by atoms with Gasteiger partial charge in [0.25, 0.3) is 0 Å². The molecule has 0 fully saturated rings. The number of hydrogen-bond donors (Lipinski definition) is 1. The third kappa shape index (κ3) is 2.10. The van der Waals surface area contributed by atoms with E-state index in [9.17, 15) is 0 Å². The van der Waals surface area contributed by atoms with Crippen LogP contribution < -0.4 is 5.32 Å². The summed E-state index contributed by atoms with van der Waals surface area (Å²) in [7, 11) is 2.00. The van der Waals surface area contributed by atoms with Gasteiger partial charge < -0.3 is 5.32 Å². The van der Waals surface area contributed by atoms with E-state index in [1.165, 1.54) is 22.3 Å². The van der Waals surface area contributed by atoms with Crippen LogP contribution in [0.25, 0.3) is 0 Å². The lowest BCUT2D eigenvalue weighted by molar-refractivity contribution is 0.647. The zero-order valence-corrected chi connectivity index (χ0v) is 9.23. The Morgan fingerprint density at radius 1 is 1.00 bits per heavy atom. The molecule has 0 bridgehead atoms. The summed E-state index contributed by atoms with van der Waals surface area (Å²) in [5.41, 5.74) is 5.54. The first kappa shape index (κ1) is 10.3. The summed E-state index contributed by atoms with van der Waals surface area (Å²) in [6, 6.07) is 4.99. The molecule has 13 heavy (non-hydrogen) atoms. The molecule has 0 radical (unpaired) electrons. The van der Waals surface area contributed by atoms with Crippen molar-refractivity contribution < 1.29 is 0 Å². The molecule has 0 spiro atoms. The number of hydrogen-bond acceptors (Lipinski definition) is 1. The van der Waals surface area contributed by atoms with E-state index in [1.807, 2.05) is 7.05 Å². The fourth-order valence-corrected chi connectivity index (χ4v) is 1.60. The molecule has 1 aromatic carbocycles. The first-order chi connectivity index (χ1) is 6.06. The maximum Gasteiger partial charge on any atom is 0.0291 e. The second kappa shape index (κ2) is 3.93. The Morgan fingerprint density at radius 3 is 2.08 bits per heavy atom. The van der Waals surface area contributed by atoms with Gasteiger partial charge in [-0.05, 0) is 57.0 Å². The van der Waals surface area contributed by atoms with Crippen LogP contribution in [0.1, 0.15) is 35.2 Å². The van der Waals surface area contributed by atoms with E-state index in [-0.39, 0.29) is 0 Å². The van der Waals surface area contributed by atoms with Gasteiger partial charge in [0, 0.05) is 6.04 Å². The Morgan fingerprint density at radius 2 is 1.54 bits per heavy atom. The predicted molar refractivity (Wildman–Crippen MR) is 58.1 cm³/mol. The number of benzene rings is 1. The van der Waals surface area contributed by atoms with Crippen molar-refractivity contribution in [3.05, 3.63) is 34.4 Å². The van der Waals surface area contributed by atoms with Crippen molar-refractivity contribution in [3.8, 4) is 0 Å². The van der Waals surface area contributed by atoms with Crippen LogP contribution in [0.4, 0.5) is 0 Å². The fraction of sp³-hybridized carbons (Fsp3) is 0.500. The van der Waals surface area contributed by atoms with Gasteiger partial charge in [0.15, 0.2) is 0 Å². The van der Waals surface area contributed by atoms with Crippen LogP contribution in [0.15, 0.2) is 12.1 Å². The summed E-state index contributed by atoms with van der Waals surface area (Å²) in [4.78, 5) is 0. The summed E-state index contributed by atoms with van der Waals surface area (Å²) >= 11 is 0. The van der Waals surface area contributed by atoms with E-state index >= 15 is 0 Å². The highest BCUT2D eigenvalue weighted by Gasteiger charge is 2.07. The minimum atomic E-state index is 0.444. The largest absolute Gasteiger partial charge is 0.313 e. The second-order valence-corrected chi connectivity index (χ2v) is 3.80. The highest BCUT2D eigenvalue weighted by Crippen LogP contribution is 2.20. The van der Waals surface area contributed by atoms with E-state index < -0.39 is 0 Å². The van der Waals surface area contributed by atoms with Gasteiger partial charge in [0.2, 0.25) is 0 Å². The molecule has 1 rings (SSSR count). The Hall–Kier alpha value is -0.820. The maximum absolute atomic E-state index is 3.27. The fourth-order valence-electron chi connectivity index (χ4n) is 1.60. The standard InChI is InChI=1S/C12H19N/c1-8-6-10(3)12(7-9(8)2)11(4)13-5/h6-7,11,13H,1-5H3/t11-/m0/s1. The Labute approximate surface area is 81.2 Å². The Balaban J connectivity index is 3.15. The van der Waals surface area contributed by atoms with Crippen LogP contribution in [0.5, 0.6) is 0 Å². The average Bonchev–Trinajstić information content (AvgIpc) is 2.10. The molecule has 72 valence electrons. The van der Waals surface area contributed by atoms with Gasteiger partial charge >= 0.3 is 0 Å². The normalized spacial score (nSPS) is 13.0. The Bertz CT molecular complexity index is 302. The maximum atomic E-state index is 3.27. The van der Waals surface area contributed by atoms with E-state index in [4.69, 9.17) is 0 Å². The molecule has 0 saturated heterocycles. The van der Waals surface area contributed by atoms with Crippen molar-refractivity contribution in [2.45, 2.75) is 33.7 Å². The highest BCUT2D eigenvalue weighted by atomic mass is 14.9. The van der Waals surface area contributed by atoms with E-state index in [0.717, 1.165) is 0 Å². The summed E-state index contributed by atoms with van der Waals surface area (Å²) in [6.07, 6.45) is 0. The molecule has 0 aromatic heterocycles. The van der Waals surface area contributed by atoms with Gasteiger partial charge in [0.1, 0.15) is 0 Å².